The first-order valence-electron chi connectivity index (χ1n) is 10.6. The quantitative estimate of drug-likeness (QED) is 0.799. The SMILES string of the molecule is CC(C(=O)Nc1ccccc1Oc1ccccc1)N1CCC2(CCOCC2)CC1. The number of piperidine rings is 1. The molecule has 2 saturated heterocycles. The van der Waals surface area contributed by atoms with Gasteiger partial charge >= 0.3 is 0 Å². The molecule has 2 aliphatic rings. The maximum atomic E-state index is 13.0. The lowest BCUT2D eigenvalue weighted by atomic mass is 9.72. The molecule has 4 rings (SSSR count). The third-order valence-corrected chi connectivity index (χ3v) is 6.46. The molecule has 154 valence electrons. The minimum atomic E-state index is -0.169. The summed E-state index contributed by atoms with van der Waals surface area (Å²) in [5, 5.41) is 3.07. The van der Waals surface area contributed by atoms with Crippen molar-refractivity contribution in [2.24, 2.45) is 5.41 Å². The van der Waals surface area contributed by atoms with Crippen LogP contribution in [0.1, 0.15) is 32.6 Å². The number of nitrogens with one attached hydrogen (secondary N) is 1. The summed E-state index contributed by atoms with van der Waals surface area (Å²) >= 11 is 0. The first-order valence-corrected chi connectivity index (χ1v) is 10.6. The number of carbonyl (C=O) groups is 1. The highest BCUT2D eigenvalue weighted by Crippen LogP contribution is 2.41. The van der Waals surface area contributed by atoms with Crippen LogP contribution in [0.3, 0.4) is 0 Å². The smallest absolute Gasteiger partial charge is 0.241 e. The van der Waals surface area contributed by atoms with Gasteiger partial charge in [0.2, 0.25) is 5.91 Å². The second-order valence-corrected chi connectivity index (χ2v) is 8.22. The topological polar surface area (TPSA) is 50.8 Å². The molecule has 1 amide bonds. The van der Waals surface area contributed by atoms with Gasteiger partial charge in [0.15, 0.2) is 5.75 Å². The van der Waals surface area contributed by atoms with Crippen LogP contribution in [0.4, 0.5) is 5.69 Å². The number of carbonyl (C=O) groups excluding carboxylic acids is 1. The first kappa shape index (κ1) is 19.9. The predicted octanol–water partition coefficient (Wildman–Crippen LogP) is 4.70. The number of anilines is 1. The highest BCUT2D eigenvalue weighted by atomic mass is 16.5. The van der Waals surface area contributed by atoms with E-state index < -0.39 is 0 Å². The van der Waals surface area contributed by atoms with E-state index in [2.05, 4.69) is 10.2 Å². The summed E-state index contributed by atoms with van der Waals surface area (Å²) in [5.74, 6) is 1.41. The highest BCUT2D eigenvalue weighted by molar-refractivity contribution is 5.95. The summed E-state index contributed by atoms with van der Waals surface area (Å²) in [6.07, 6.45) is 4.63. The zero-order valence-corrected chi connectivity index (χ0v) is 17.1. The largest absolute Gasteiger partial charge is 0.455 e. The van der Waals surface area contributed by atoms with Gasteiger partial charge in [0.05, 0.1) is 11.7 Å². The molecule has 0 saturated carbocycles. The van der Waals surface area contributed by atoms with Crippen LogP contribution in [0.2, 0.25) is 0 Å². The van der Waals surface area contributed by atoms with E-state index in [4.69, 9.17) is 9.47 Å². The first-order chi connectivity index (χ1) is 14.2. The van der Waals surface area contributed by atoms with Crippen LogP contribution in [-0.2, 0) is 9.53 Å². The molecule has 0 radical (unpaired) electrons. The summed E-state index contributed by atoms with van der Waals surface area (Å²) < 4.78 is 11.5. The van der Waals surface area contributed by atoms with Crippen LogP contribution in [0, 0.1) is 5.41 Å². The molecular formula is C24H30N2O3. The molecule has 0 bridgehead atoms. The number of benzene rings is 2. The van der Waals surface area contributed by atoms with E-state index >= 15 is 0 Å². The summed E-state index contributed by atoms with van der Waals surface area (Å²) in [7, 11) is 0. The highest BCUT2D eigenvalue weighted by Gasteiger charge is 2.38. The molecule has 1 atom stereocenters. The van der Waals surface area contributed by atoms with Gasteiger partial charge in [-0.25, -0.2) is 0 Å². The summed E-state index contributed by atoms with van der Waals surface area (Å²) in [5.41, 5.74) is 1.13. The van der Waals surface area contributed by atoms with E-state index in [9.17, 15) is 4.79 Å². The van der Waals surface area contributed by atoms with Crippen molar-refractivity contribution in [3.63, 3.8) is 0 Å². The molecule has 1 N–H and O–H groups in total. The molecule has 2 heterocycles. The maximum Gasteiger partial charge on any atom is 0.241 e. The fourth-order valence-corrected chi connectivity index (χ4v) is 4.37. The van der Waals surface area contributed by atoms with Gasteiger partial charge in [-0.1, -0.05) is 30.3 Å². The zero-order chi connectivity index (χ0) is 20.1. The number of hydrogen-bond donors (Lipinski definition) is 1. The molecule has 5 heteroatoms. The average Bonchev–Trinajstić information content (AvgIpc) is 2.76. The van der Waals surface area contributed by atoms with Gasteiger partial charge in [0.25, 0.3) is 0 Å². The van der Waals surface area contributed by atoms with Crippen molar-refractivity contribution in [2.75, 3.05) is 31.6 Å². The van der Waals surface area contributed by atoms with Gasteiger partial charge in [-0.3, -0.25) is 9.69 Å². The standard InChI is InChI=1S/C24H30N2O3/c1-19(26-15-11-24(12-16-26)13-17-28-18-14-24)23(27)25-21-9-5-6-10-22(21)29-20-7-3-2-4-8-20/h2-10,19H,11-18H2,1H3,(H,25,27). The Bertz CT molecular complexity index is 808. The zero-order valence-electron chi connectivity index (χ0n) is 17.1. The van der Waals surface area contributed by atoms with Crippen molar-refractivity contribution < 1.29 is 14.3 Å². The number of amides is 1. The Hall–Kier alpha value is -2.37. The Balaban J connectivity index is 1.37. The van der Waals surface area contributed by atoms with Crippen molar-refractivity contribution in [2.45, 2.75) is 38.6 Å². The molecular weight excluding hydrogens is 364 g/mol. The number of nitrogens with zero attached hydrogens (tertiary/aromatic N) is 1. The maximum absolute atomic E-state index is 13.0. The summed E-state index contributed by atoms with van der Waals surface area (Å²) in [6, 6.07) is 17.0. The van der Waals surface area contributed by atoms with E-state index in [-0.39, 0.29) is 11.9 Å². The minimum absolute atomic E-state index is 0.0111. The lowest BCUT2D eigenvalue weighted by molar-refractivity contribution is -0.122. The van der Waals surface area contributed by atoms with Crippen LogP contribution in [0.5, 0.6) is 11.5 Å². The Morgan fingerprint density at radius 2 is 1.66 bits per heavy atom. The molecule has 2 aliphatic heterocycles. The Labute approximate surface area is 173 Å². The minimum Gasteiger partial charge on any atom is -0.455 e. The van der Waals surface area contributed by atoms with Crippen LogP contribution in [0.25, 0.3) is 0 Å². The van der Waals surface area contributed by atoms with Crippen LogP contribution < -0.4 is 10.1 Å². The van der Waals surface area contributed by atoms with Crippen LogP contribution >= 0.6 is 0 Å². The number of ether oxygens (including phenoxy) is 2. The molecule has 0 aliphatic carbocycles. The van der Waals surface area contributed by atoms with E-state index in [0.29, 0.717) is 16.9 Å². The van der Waals surface area contributed by atoms with Crippen LogP contribution in [-0.4, -0.2) is 43.2 Å². The second kappa shape index (κ2) is 8.97. The van der Waals surface area contributed by atoms with E-state index in [1.807, 2.05) is 61.5 Å². The predicted molar refractivity (Wildman–Crippen MR) is 114 cm³/mol. The Kier molecular flexibility index (Phi) is 6.16. The van der Waals surface area contributed by atoms with E-state index in [0.717, 1.165) is 57.7 Å². The Morgan fingerprint density at radius 1 is 1.00 bits per heavy atom. The van der Waals surface area contributed by atoms with Crippen molar-refractivity contribution in [3.8, 4) is 11.5 Å². The third kappa shape index (κ3) is 4.80. The van der Waals surface area contributed by atoms with Gasteiger partial charge in [0.1, 0.15) is 5.75 Å². The number of hydrogen-bond acceptors (Lipinski definition) is 4. The summed E-state index contributed by atoms with van der Waals surface area (Å²) in [4.78, 5) is 15.3. The summed E-state index contributed by atoms with van der Waals surface area (Å²) in [6.45, 7) is 5.70. The molecule has 29 heavy (non-hydrogen) atoms. The molecule has 2 aromatic rings. The van der Waals surface area contributed by atoms with Gasteiger partial charge in [-0.2, -0.15) is 0 Å². The number of rotatable bonds is 5. The fraction of sp³-hybridized carbons (Fsp3) is 0.458. The molecule has 5 nitrogen and oxygen atoms in total. The Morgan fingerprint density at radius 3 is 2.38 bits per heavy atom. The normalized spacial score (nSPS) is 20.2. The molecule has 0 aromatic heterocycles. The fourth-order valence-electron chi connectivity index (χ4n) is 4.37. The van der Waals surface area contributed by atoms with Crippen LogP contribution in [0.15, 0.2) is 54.6 Å². The van der Waals surface area contributed by atoms with Gasteiger partial charge in [-0.05, 0) is 75.4 Å². The molecule has 1 spiro atoms. The van der Waals surface area contributed by atoms with E-state index in [1.165, 1.54) is 0 Å². The number of likely N-dealkylation sites (tertiary alicyclic amines) is 1. The number of para-hydroxylation sites is 3. The van der Waals surface area contributed by atoms with Crippen molar-refractivity contribution in [1.82, 2.24) is 4.90 Å². The molecule has 2 aromatic carbocycles. The van der Waals surface area contributed by atoms with E-state index in [1.54, 1.807) is 0 Å². The van der Waals surface area contributed by atoms with Gasteiger partial charge in [0, 0.05) is 13.2 Å². The molecule has 1 unspecified atom stereocenters. The lowest BCUT2D eigenvalue weighted by Crippen LogP contribution is -2.49. The molecule has 2 fully saturated rings. The van der Waals surface area contributed by atoms with Crippen molar-refractivity contribution >= 4 is 11.6 Å². The second-order valence-electron chi connectivity index (χ2n) is 8.22. The average molecular weight is 395 g/mol. The third-order valence-electron chi connectivity index (χ3n) is 6.46. The lowest BCUT2D eigenvalue weighted by Gasteiger charge is -2.45. The monoisotopic (exact) mass is 394 g/mol. The van der Waals surface area contributed by atoms with Gasteiger partial charge < -0.3 is 14.8 Å². The van der Waals surface area contributed by atoms with Gasteiger partial charge in [-0.15, -0.1) is 0 Å². The van der Waals surface area contributed by atoms with Crippen molar-refractivity contribution in [3.05, 3.63) is 54.6 Å². The van der Waals surface area contributed by atoms with Crippen molar-refractivity contribution in [1.29, 1.82) is 0 Å².